The minimum absolute atomic E-state index is 0.911. The van der Waals surface area contributed by atoms with Gasteiger partial charge >= 0.3 is 0 Å². The van der Waals surface area contributed by atoms with E-state index in [4.69, 9.17) is 4.74 Å². The summed E-state index contributed by atoms with van der Waals surface area (Å²) in [5, 5.41) is 3.27. The molecule has 2 nitrogen and oxygen atoms in total. The highest BCUT2D eigenvalue weighted by atomic mass is 16.5. The smallest absolute Gasteiger partial charge is 0.119 e. The third-order valence-corrected chi connectivity index (χ3v) is 1.80. The molecule has 0 heterocycles. The van der Waals surface area contributed by atoms with Crippen molar-refractivity contribution in [2.75, 3.05) is 19.0 Å². The maximum absolute atomic E-state index is 5.10. The van der Waals surface area contributed by atoms with Crippen LogP contribution in [0.4, 0.5) is 5.69 Å². The molecular weight excluding hydrogens is 198 g/mol. The molecule has 2 heteroatoms. The van der Waals surface area contributed by atoms with Crippen LogP contribution in [-0.2, 0) is 0 Å². The highest BCUT2D eigenvalue weighted by Crippen LogP contribution is 2.20. The van der Waals surface area contributed by atoms with Crippen LogP contribution in [0.15, 0.2) is 18.2 Å². The molecule has 0 fully saturated rings. The first-order chi connectivity index (χ1) is 7.77. The zero-order valence-corrected chi connectivity index (χ0v) is 11.8. The summed E-state index contributed by atoms with van der Waals surface area (Å²) in [6, 6.07) is 6.03. The molecule has 0 aliphatic heterocycles. The van der Waals surface area contributed by atoms with Gasteiger partial charge in [-0.1, -0.05) is 27.7 Å². The molecule has 1 aromatic carbocycles. The molecule has 0 saturated carbocycles. The van der Waals surface area contributed by atoms with Crippen LogP contribution in [0.2, 0.25) is 0 Å². The minimum atomic E-state index is 0.911. The molecule has 0 aliphatic carbocycles. The summed E-state index contributed by atoms with van der Waals surface area (Å²) >= 11 is 0. The van der Waals surface area contributed by atoms with Crippen molar-refractivity contribution in [3.05, 3.63) is 23.8 Å². The molecule has 0 saturated heterocycles. The molecule has 1 aromatic rings. The lowest BCUT2D eigenvalue weighted by Crippen LogP contribution is -1.98. The highest BCUT2D eigenvalue weighted by molar-refractivity contribution is 5.53. The summed E-state index contributed by atoms with van der Waals surface area (Å²) in [7, 11) is 1.68. The monoisotopic (exact) mass is 225 g/mol. The quantitative estimate of drug-likeness (QED) is 0.818. The number of benzene rings is 1. The molecule has 0 bridgehead atoms. The van der Waals surface area contributed by atoms with Gasteiger partial charge in [0.2, 0.25) is 0 Å². The maximum atomic E-state index is 5.10. The number of ether oxygens (including phenoxy) is 1. The Hall–Kier alpha value is -1.18. The molecule has 16 heavy (non-hydrogen) atoms. The first-order valence-electron chi connectivity index (χ1n) is 6.16. The van der Waals surface area contributed by atoms with Gasteiger partial charge in [-0.25, -0.2) is 0 Å². The number of anilines is 1. The average Bonchev–Trinajstić information content (AvgIpc) is 2.37. The summed E-state index contributed by atoms with van der Waals surface area (Å²) in [6.07, 6.45) is 0. The van der Waals surface area contributed by atoms with Crippen LogP contribution in [0.25, 0.3) is 0 Å². The number of aryl methyl sites for hydroxylation is 1. The topological polar surface area (TPSA) is 21.3 Å². The average molecular weight is 225 g/mol. The second-order valence-electron chi connectivity index (χ2n) is 2.71. The van der Waals surface area contributed by atoms with Gasteiger partial charge in [0.05, 0.1) is 7.11 Å². The molecule has 94 valence electrons. The van der Waals surface area contributed by atoms with E-state index < -0.39 is 0 Å². The van der Waals surface area contributed by atoms with E-state index in [0.29, 0.717) is 0 Å². The highest BCUT2D eigenvalue weighted by Gasteiger charge is 1.97. The van der Waals surface area contributed by atoms with Gasteiger partial charge in [0, 0.05) is 12.2 Å². The van der Waals surface area contributed by atoms with E-state index in [1.807, 2.05) is 45.9 Å². The number of methoxy groups -OCH3 is 1. The Morgan fingerprint density at radius 2 is 1.69 bits per heavy atom. The van der Waals surface area contributed by atoms with Gasteiger partial charge in [-0.2, -0.15) is 0 Å². The van der Waals surface area contributed by atoms with Gasteiger partial charge in [0.1, 0.15) is 5.75 Å². The number of hydrogen-bond donors (Lipinski definition) is 1. The van der Waals surface area contributed by atoms with Crippen molar-refractivity contribution in [1.82, 2.24) is 0 Å². The molecule has 1 N–H and O–H groups in total. The second-order valence-corrected chi connectivity index (χ2v) is 2.71. The Labute approximate surface area is 101 Å². The zero-order chi connectivity index (χ0) is 13.0. The fraction of sp³-hybridized carbons (Fsp3) is 0.571. The van der Waals surface area contributed by atoms with Crippen LogP contribution in [-0.4, -0.2) is 13.7 Å². The van der Waals surface area contributed by atoms with Crippen LogP contribution in [0.3, 0.4) is 0 Å². The van der Waals surface area contributed by atoms with Crippen molar-refractivity contribution in [3.63, 3.8) is 0 Å². The standard InChI is InChI=1S/C10H15NO.2C2H6/c1-4-11-10-6-5-9(12-3)7-8(10)2;2*1-2/h5-7,11H,4H2,1-3H3;2*1-2H3. The second kappa shape index (κ2) is 11.9. The summed E-state index contributed by atoms with van der Waals surface area (Å²) < 4.78 is 5.10. The number of rotatable bonds is 3. The van der Waals surface area contributed by atoms with Crippen LogP contribution >= 0.6 is 0 Å². The van der Waals surface area contributed by atoms with Gasteiger partial charge in [0.25, 0.3) is 0 Å². The molecular formula is C14H27NO. The summed E-state index contributed by atoms with van der Waals surface area (Å²) in [6.45, 7) is 13.1. The van der Waals surface area contributed by atoms with Gasteiger partial charge in [-0.15, -0.1) is 0 Å². The van der Waals surface area contributed by atoms with E-state index in [1.54, 1.807) is 7.11 Å². The van der Waals surface area contributed by atoms with Crippen molar-refractivity contribution < 1.29 is 4.74 Å². The number of nitrogens with one attached hydrogen (secondary N) is 1. The summed E-state index contributed by atoms with van der Waals surface area (Å²) in [5.41, 5.74) is 2.40. The van der Waals surface area contributed by atoms with E-state index in [1.165, 1.54) is 11.3 Å². The van der Waals surface area contributed by atoms with Crippen LogP contribution in [0, 0.1) is 6.92 Å². The molecule has 0 aromatic heterocycles. The Balaban J connectivity index is 0. The number of hydrogen-bond acceptors (Lipinski definition) is 2. The fourth-order valence-corrected chi connectivity index (χ4v) is 1.15. The van der Waals surface area contributed by atoms with Crippen LogP contribution < -0.4 is 10.1 Å². The lowest BCUT2D eigenvalue weighted by atomic mass is 10.2. The van der Waals surface area contributed by atoms with Crippen LogP contribution in [0.1, 0.15) is 40.2 Å². The van der Waals surface area contributed by atoms with E-state index in [0.717, 1.165) is 12.3 Å². The van der Waals surface area contributed by atoms with Gasteiger partial charge in [-0.05, 0) is 37.6 Å². The third-order valence-electron chi connectivity index (χ3n) is 1.80. The Morgan fingerprint density at radius 3 is 2.06 bits per heavy atom. The predicted molar refractivity (Wildman–Crippen MR) is 74.6 cm³/mol. The van der Waals surface area contributed by atoms with Crippen molar-refractivity contribution in [3.8, 4) is 5.75 Å². The summed E-state index contributed by atoms with van der Waals surface area (Å²) in [5.74, 6) is 0.911. The van der Waals surface area contributed by atoms with E-state index in [9.17, 15) is 0 Å². The van der Waals surface area contributed by atoms with Crippen molar-refractivity contribution in [2.45, 2.75) is 41.5 Å². The molecule has 0 spiro atoms. The van der Waals surface area contributed by atoms with E-state index in [2.05, 4.69) is 19.2 Å². The van der Waals surface area contributed by atoms with Crippen LogP contribution in [0.5, 0.6) is 5.75 Å². The molecule has 0 radical (unpaired) electrons. The Bertz CT molecular complexity index is 259. The lowest BCUT2D eigenvalue weighted by molar-refractivity contribution is 0.414. The Morgan fingerprint density at radius 1 is 1.12 bits per heavy atom. The zero-order valence-electron chi connectivity index (χ0n) is 11.8. The van der Waals surface area contributed by atoms with Crippen molar-refractivity contribution in [2.24, 2.45) is 0 Å². The van der Waals surface area contributed by atoms with Gasteiger partial charge < -0.3 is 10.1 Å². The first-order valence-corrected chi connectivity index (χ1v) is 6.16. The normalized spacial score (nSPS) is 7.94. The van der Waals surface area contributed by atoms with Gasteiger partial charge in [-0.3, -0.25) is 0 Å². The van der Waals surface area contributed by atoms with Gasteiger partial charge in [0.15, 0.2) is 0 Å². The third kappa shape index (κ3) is 6.33. The largest absolute Gasteiger partial charge is 0.497 e. The van der Waals surface area contributed by atoms with E-state index >= 15 is 0 Å². The predicted octanol–water partition coefficient (Wildman–Crippen LogP) is 4.49. The fourth-order valence-electron chi connectivity index (χ4n) is 1.15. The molecule has 0 atom stereocenters. The van der Waals surface area contributed by atoms with E-state index in [-0.39, 0.29) is 0 Å². The molecule has 0 amide bonds. The first kappa shape index (κ1) is 17.2. The SMILES string of the molecule is CC.CC.CCNc1ccc(OC)cc1C. The molecule has 0 unspecified atom stereocenters. The lowest BCUT2D eigenvalue weighted by Gasteiger charge is -2.08. The summed E-state index contributed by atoms with van der Waals surface area (Å²) in [4.78, 5) is 0. The molecule has 1 rings (SSSR count). The molecule has 0 aliphatic rings. The van der Waals surface area contributed by atoms with Crippen molar-refractivity contribution >= 4 is 5.69 Å². The minimum Gasteiger partial charge on any atom is -0.497 e. The maximum Gasteiger partial charge on any atom is 0.119 e. The van der Waals surface area contributed by atoms with Crippen molar-refractivity contribution in [1.29, 1.82) is 0 Å². The Kier molecular flexibility index (Phi) is 12.8.